The van der Waals surface area contributed by atoms with Crippen molar-refractivity contribution < 1.29 is 22.9 Å². The van der Waals surface area contributed by atoms with Gasteiger partial charge in [-0.1, -0.05) is 60.7 Å². The average molecular weight is 525 g/mol. The van der Waals surface area contributed by atoms with Crippen LogP contribution in [0.2, 0.25) is 0 Å². The van der Waals surface area contributed by atoms with E-state index in [1.807, 2.05) is 79.5 Å². The number of carboxylic acids is 1. The molecule has 0 spiro atoms. The van der Waals surface area contributed by atoms with Crippen LogP contribution in [-0.2, 0) is 14.9 Å². The van der Waals surface area contributed by atoms with E-state index in [0.717, 1.165) is 33.4 Å². The molecular weight excluding hydrogens is 488 g/mol. The molecule has 198 valence electrons. The lowest BCUT2D eigenvalue weighted by Crippen LogP contribution is -2.25. The molecule has 7 nitrogen and oxygen atoms in total. The van der Waals surface area contributed by atoms with E-state index in [2.05, 4.69) is 30.1 Å². The molecule has 0 fully saturated rings. The molecule has 0 heterocycles. The van der Waals surface area contributed by atoms with Crippen molar-refractivity contribution >= 4 is 38.3 Å². The van der Waals surface area contributed by atoms with E-state index < -0.39 is 16.1 Å². The number of unbranched alkanes of at least 4 members (excludes halogenated alkanes) is 1. The Labute approximate surface area is 220 Å². The van der Waals surface area contributed by atoms with Crippen molar-refractivity contribution in [3.05, 3.63) is 90.2 Å². The molecule has 0 aliphatic carbocycles. The summed E-state index contributed by atoms with van der Waals surface area (Å²) in [5.41, 5.74) is 3.88. The minimum atomic E-state index is -3.90. The van der Waals surface area contributed by atoms with Crippen LogP contribution in [0, 0.1) is 6.92 Å². The second-order valence-corrected chi connectivity index (χ2v) is 10.3. The standard InChI is InChI=1S/C29H36N2O5S/c1-23(30-20-11-12-22-37(34,35)36)13-7-5-4-6-8-14-24(2)31(21-19-29(32)33)28-18-17-26-15-9-10-16-27(26)25(28)3/h4-10,13-18H,11-12,19-22H2,1-3H3,(H,32,33)(H,34,35,36)/b5-4+,8-6+,13-7+,24-14+,30-23-. The molecule has 0 saturated carbocycles. The molecule has 2 N–H and O–H groups in total. The highest BCUT2D eigenvalue weighted by molar-refractivity contribution is 7.85. The van der Waals surface area contributed by atoms with Crippen LogP contribution in [-0.4, -0.2) is 48.6 Å². The number of anilines is 1. The molecule has 0 amide bonds. The molecule has 8 heteroatoms. The van der Waals surface area contributed by atoms with E-state index in [1.54, 1.807) is 0 Å². The highest BCUT2D eigenvalue weighted by Gasteiger charge is 2.14. The highest BCUT2D eigenvalue weighted by Crippen LogP contribution is 2.30. The number of aliphatic carboxylic acids is 1. The summed E-state index contributed by atoms with van der Waals surface area (Å²) in [6.45, 7) is 6.79. The van der Waals surface area contributed by atoms with Crippen LogP contribution in [0.5, 0.6) is 0 Å². The zero-order valence-electron chi connectivity index (χ0n) is 21.7. The number of benzene rings is 2. The van der Waals surface area contributed by atoms with E-state index in [0.29, 0.717) is 25.9 Å². The number of allylic oxidation sites excluding steroid dienone is 8. The van der Waals surface area contributed by atoms with Gasteiger partial charge in [-0.15, -0.1) is 0 Å². The summed E-state index contributed by atoms with van der Waals surface area (Å²) in [6, 6.07) is 12.3. The third-order valence-corrected chi connectivity index (χ3v) is 6.53. The Morgan fingerprint density at radius 3 is 2.43 bits per heavy atom. The van der Waals surface area contributed by atoms with Crippen molar-refractivity contribution in [3.63, 3.8) is 0 Å². The zero-order chi connectivity index (χ0) is 27.3. The summed E-state index contributed by atoms with van der Waals surface area (Å²) in [7, 11) is -3.90. The lowest BCUT2D eigenvalue weighted by Gasteiger charge is -2.27. The quantitative estimate of drug-likeness (QED) is 0.133. The van der Waals surface area contributed by atoms with Gasteiger partial charge in [0.15, 0.2) is 0 Å². The van der Waals surface area contributed by atoms with Crippen LogP contribution in [0.25, 0.3) is 10.8 Å². The van der Waals surface area contributed by atoms with Crippen molar-refractivity contribution in [2.24, 2.45) is 4.99 Å². The van der Waals surface area contributed by atoms with E-state index >= 15 is 0 Å². The van der Waals surface area contributed by atoms with Gasteiger partial charge in [-0.05, 0) is 68.2 Å². The molecule has 0 unspecified atom stereocenters. The first-order chi connectivity index (χ1) is 17.6. The fourth-order valence-electron chi connectivity index (χ4n) is 3.78. The van der Waals surface area contributed by atoms with Crippen LogP contribution < -0.4 is 4.90 Å². The number of carbonyl (C=O) groups is 1. The van der Waals surface area contributed by atoms with E-state index in [4.69, 9.17) is 4.55 Å². The van der Waals surface area contributed by atoms with Crippen molar-refractivity contribution in [3.8, 4) is 0 Å². The third kappa shape index (κ3) is 11.0. The van der Waals surface area contributed by atoms with Crippen molar-refractivity contribution in [1.29, 1.82) is 0 Å². The predicted octanol–water partition coefficient (Wildman–Crippen LogP) is 6.13. The Kier molecular flexibility index (Phi) is 12.0. The molecule has 0 atom stereocenters. The zero-order valence-corrected chi connectivity index (χ0v) is 22.5. The summed E-state index contributed by atoms with van der Waals surface area (Å²) in [5, 5.41) is 11.6. The number of fused-ring (bicyclic) bond motifs is 1. The molecule has 0 bridgehead atoms. The number of hydrogen-bond donors (Lipinski definition) is 2. The molecule has 0 aliphatic rings. The van der Waals surface area contributed by atoms with Crippen LogP contribution in [0.4, 0.5) is 5.69 Å². The van der Waals surface area contributed by atoms with E-state index in [1.165, 1.54) is 0 Å². The first-order valence-electron chi connectivity index (χ1n) is 12.2. The number of carboxylic acid groups (broad SMARTS) is 1. The normalized spacial score (nSPS) is 13.4. The van der Waals surface area contributed by atoms with Crippen LogP contribution in [0.3, 0.4) is 0 Å². The van der Waals surface area contributed by atoms with Gasteiger partial charge in [-0.3, -0.25) is 14.3 Å². The Balaban J connectivity index is 2.01. The highest BCUT2D eigenvalue weighted by atomic mass is 32.2. The molecule has 37 heavy (non-hydrogen) atoms. The van der Waals surface area contributed by atoms with Crippen molar-refractivity contribution in [2.75, 3.05) is 23.7 Å². The molecule has 2 rings (SSSR count). The summed E-state index contributed by atoms with van der Waals surface area (Å²) >= 11 is 0. The van der Waals surface area contributed by atoms with Gasteiger partial charge in [0, 0.05) is 30.2 Å². The number of hydrogen-bond acceptors (Lipinski definition) is 5. The number of rotatable bonds is 14. The van der Waals surface area contributed by atoms with E-state index in [-0.39, 0.29) is 12.2 Å². The second kappa shape index (κ2) is 14.9. The van der Waals surface area contributed by atoms with Gasteiger partial charge in [-0.25, -0.2) is 0 Å². The largest absolute Gasteiger partial charge is 0.481 e. The summed E-state index contributed by atoms with van der Waals surface area (Å²) in [5.74, 6) is -1.07. The summed E-state index contributed by atoms with van der Waals surface area (Å²) in [6.07, 6.45) is 14.3. The molecule has 2 aromatic carbocycles. The Bertz CT molecular complexity index is 1320. The lowest BCUT2D eigenvalue weighted by atomic mass is 10.0. The van der Waals surface area contributed by atoms with Crippen molar-refractivity contribution in [1.82, 2.24) is 0 Å². The minimum absolute atomic E-state index is 0.0350. The smallest absolute Gasteiger partial charge is 0.305 e. The topological polar surface area (TPSA) is 107 Å². The summed E-state index contributed by atoms with van der Waals surface area (Å²) in [4.78, 5) is 17.7. The van der Waals surface area contributed by atoms with Gasteiger partial charge in [0.1, 0.15) is 0 Å². The monoisotopic (exact) mass is 524 g/mol. The second-order valence-electron chi connectivity index (χ2n) is 8.68. The molecule has 0 aliphatic heterocycles. The van der Waals surface area contributed by atoms with Gasteiger partial charge < -0.3 is 10.0 Å². The predicted molar refractivity (Wildman–Crippen MR) is 153 cm³/mol. The first kappa shape index (κ1) is 29.7. The SMILES string of the molecule is CC(/C=C/C=C/C=C/C=C(\C)N(CCC(=O)O)c1ccc2ccccc2c1C)=N/CCCCS(=O)(=O)O. The van der Waals surface area contributed by atoms with Gasteiger partial charge in [-0.2, -0.15) is 8.42 Å². The Hall–Kier alpha value is -3.49. The molecular formula is C29H36N2O5S. The Morgan fingerprint density at radius 2 is 1.70 bits per heavy atom. The lowest BCUT2D eigenvalue weighted by molar-refractivity contribution is -0.136. The number of aliphatic imine (C=N–C) groups is 1. The van der Waals surface area contributed by atoms with Crippen LogP contribution in [0.15, 0.2) is 89.6 Å². The van der Waals surface area contributed by atoms with Gasteiger partial charge >= 0.3 is 5.97 Å². The minimum Gasteiger partial charge on any atom is -0.481 e. The Morgan fingerprint density at radius 1 is 1.00 bits per heavy atom. The molecule has 0 aromatic heterocycles. The fraction of sp³-hybridized carbons (Fsp3) is 0.310. The van der Waals surface area contributed by atoms with Gasteiger partial charge in [0.05, 0.1) is 12.2 Å². The number of nitrogens with zero attached hydrogens (tertiary/aromatic N) is 2. The van der Waals surface area contributed by atoms with Gasteiger partial charge in [0.2, 0.25) is 0 Å². The molecule has 0 saturated heterocycles. The first-order valence-corrected chi connectivity index (χ1v) is 13.8. The fourth-order valence-corrected chi connectivity index (χ4v) is 4.35. The summed E-state index contributed by atoms with van der Waals surface area (Å²) < 4.78 is 30.1. The maximum atomic E-state index is 11.3. The maximum absolute atomic E-state index is 11.3. The number of aryl methyl sites for hydroxylation is 1. The van der Waals surface area contributed by atoms with Crippen molar-refractivity contribution in [2.45, 2.75) is 40.0 Å². The van der Waals surface area contributed by atoms with Crippen LogP contribution in [0.1, 0.15) is 38.7 Å². The van der Waals surface area contributed by atoms with Crippen LogP contribution >= 0.6 is 0 Å². The van der Waals surface area contributed by atoms with Gasteiger partial charge in [0.25, 0.3) is 10.1 Å². The molecule has 0 radical (unpaired) electrons. The molecule has 2 aromatic rings. The average Bonchev–Trinajstić information content (AvgIpc) is 2.83. The maximum Gasteiger partial charge on any atom is 0.305 e. The van der Waals surface area contributed by atoms with E-state index in [9.17, 15) is 18.3 Å². The third-order valence-electron chi connectivity index (χ3n) is 5.73.